The molecule has 1 unspecified atom stereocenters. The van der Waals surface area contributed by atoms with Crippen LogP contribution in [0.25, 0.3) is 10.8 Å². The van der Waals surface area contributed by atoms with Crippen molar-refractivity contribution in [2.45, 2.75) is 33.2 Å². The Morgan fingerprint density at radius 3 is 2.65 bits per heavy atom. The second kappa shape index (κ2) is 5.86. The summed E-state index contributed by atoms with van der Waals surface area (Å²) < 4.78 is 0. The highest BCUT2D eigenvalue weighted by molar-refractivity contribution is 5.99. The Morgan fingerprint density at radius 2 is 2.00 bits per heavy atom. The maximum Gasteiger partial charge on any atom is 0.278 e. The predicted octanol–water partition coefficient (Wildman–Crippen LogP) is 3.99. The van der Waals surface area contributed by atoms with Crippen LogP contribution in [0.5, 0.6) is 0 Å². The van der Waals surface area contributed by atoms with Gasteiger partial charge in [-0.2, -0.15) is 0 Å². The molecule has 1 atom stereocenters. The minimum absolute atomic E-state index is 0.0927. The molecule has 2 aromatic rings. The van der Waals surface area contributed by atoms with E-state index in [0.717, 1.165) is 17.5 Å². The van der Waals surface area contributed by atoms with Gasteiger partial charge in [0, 0.05) is 35.6 Å². The van der Waals surface area contributed by atoms with Gasteiger partial charge in [0.1, 0.15) is 0 Å². The van der Waals surface area contributed by atoms with E-state index in [4.69, 9.17) is 0 Å². The fourth-order valence-corrected chi connectivity index (χ4v) is 2.49. The highest BCUT2D eigenvalue weighted by atomic mass is 16.6. The van der Waals surface area contributed by atoms with E-state index in [1.165, 1.54) is 6.07 Å². The van der Waals surface area contributed by atoms with Crippen LogP contribution >= 0.6 is 0 Å². The smallest absolute Gasteiger partial charge is 0.278 e. The van der Waals surface area contributed by atoms with Crippen LogP contribution in [0.3, 0.4) is 0 Å². The van der Waals surface area contributed by atoms with Crippen molar-refractivity contribution in [1.29, 1.82) is 0 Å². The van der Waals surface area contributed by atoms with E-state index < -0.39 is 0 Å². The van der Waals surface area contributed by atoms with Gasteiger partial charge in [0.2, 0.25) is 0 Å². The molecule has 1 N–H and O–H groups in total. The molecule has 0 saturated carbocycles. The van der Waals surface area contributed by atoms with Gasteiger partial charge >= 0.3 is 0 Å². The lowest BCUT2D eigenvalue weighted by Crippen LogP contribution is -2.17. The molecule has 1 aromatic heterocycles. The number of pyridine rings is 1. The van der Waals surface area contributed by atoms with Crippen LogP contribution in [-0.4, -0.2) is 15.9 Å². The number of nitrogens with zero attached hydrogens (tertiary/aromatic N) is 2. The third-order valence-corrected chi connectivity index (χ3v) is 3.22. The Balaban J connectivity index is 2.40. The van der Waals surface area contributed by atoms with Gasteiger partial charge in [0.15, 0.2) is 0 Å². The number of nitro benzene ring substituents is 1. The molecule has 1 heterocycles. The molecule has 106 valence electrons. The summed E-state index contributed by atoms with van der Waals surface area (Å²) in [5.74, 6) is 0.600. The van der Waals surface area contributed by atoms with Crippen LogP contribution < -0.4 is 5.32 Å². The van der Waals surface area contributed by atoms with Crippen LogP contribution in [0, 0.1) is 16.0 Å². The zero-order valence-corrected chi connectivity index (χ0v) is 12.0. The molecule has 20 heavy (non-hydrogen) atoms. The van der Waals surface area contributed by atoms with Crippen molar-refractivity contribution < 1.29 is 4.92 Å². The maximum absolute atomic E-state index is 11.1. The summed E-state index contributed by atoms with van der Waals surface area (Å²) in [4.78, 5) is 14.7. The summed E-state index contributed by atoms with van der Waals surface area (Å²) in [6, 6.07) is 5.44. The van der Waals surface area contributed by atoms with E-state index >= 15 is 0 Å². The van der Waals surface area contributed by atoms with Crippen molar-refractivity contribution in [3.05, 3.63) is 40.7 Å². The van der Waals surface area contributed by atoms with Gasteiger partial charge in [-0.25, -0.2) is 0 Å². The van der Waals surface area contributed by atoms with Crippen molar-refractivity contribution in [3.8, 4) is 0 Å². The number of nitro groups is 1. The summed E-state index contributed by atoms with van der Waals surface area (Å²) in [5.41, 5.74) is 1.01. The van der Waals surface area contributed by atoms with Crippen LogP contribution in [0.1, 0.15) is 27.2 Å². The molecule has 0 fully saturated rings. The first-order valence-electron chi connectivity index (χ1n) is 6.76. The third kappa shape index (κ3) is 3.04. The normalized spacial score (nSPS) is 12.6. The Kier molecular flexibility index (Phi) is 4.17. The average Bonchev–Trinajstić information content (AvgIpc) is 2.37. The molecule has 0 spiro atoms. The number of hydrogen-bond acceptors (Lipinski definition) is 4. The molecule has 0 saturated heterocycles. The van der Waals surface area contributed by atoms with Crippen molar-refractivity contribution in [2.24, 2.45) is 5.92 Å². The highest BCUT2D eigenvalue weighted by Crippen LogP contribution is 2.31. The van der Waals surface area contributed by atoms with Crippen molar-refractivity contribution >= 4 is 22.1 Å². The molecule has 0 aliphatic heterocycles. The molecular weight excluding hydrogens is 254 g/mol. The lowest BCUT2D eigenvalue weighted by atomic mass is 10.0. The minimum Gasteiger partial charge on any atom is -0.382 e. The van der Waals surface area contributed by atoms with Gasteiger partial charge in [-0.3, -0.25) is 15.1 Å². The summed E-state index contributed by atoms with van der Waals surface area (Å²) >= 11 is 0. The number of non-ortho nitro benzene ring substituents is 1. The number of benzene rings is 1. The monoisotopic (exact) mass is 273 g/mol. The van der Waals surface area contributed by atoms with Crippen LogP contribution in [-0.2, 0) is 0 Å². The lowest BCUT2D eigenvalue weighted by molar-refractivity contribution is -0.383. The third-order valence-electron chi connectivity index (χ3n) is 3.22. The van der Waals surface area contributed by atoms with E-state index in [9.17, 15) is 10.1 Å². The summed E-state index contributed by atoms with van der Waals surface area (Å²) in [7, 11) is 0. The van der Waals surface area contributed by atoms with Gasteiger partial charge in [-0.1, -0.05) is 13.8 Å². The number of aromatic nitrogens is 1. The summed E-state index contributed by atoms with van der Waals surface area (Å²) in [6.45, 7) is 6.47. The lowest BCUT2D eigenvalue weighted by Gasteiger charge is -2.18. The molecule has 0 radical (unpaired) electrons. The zero-order chi connectivity index (χ0) is 14.7. The first-order chi connectivity index (χ1) is 9.49. The standard InChI is InChI=1S/C15H19N3O2/c1-10(2)8-11(3)17-14-4-5-15(18(19)20)13-9-16-7-6-12(13)14/h4-7,9-11,17H,8H2,1-3H3. The molecule has 0 aliphatic carbocycles. The van der Waals surface area contributed by atoms with Crippen molar-refractivity contribution in [1.82, 2.24) is 4.98 Å². The quantitative estimate of drug-likeness (QED) is 0.660. The number of rotatable bonds is 5. The van der Waals surface area contributed by atoms with Crippen LogP contribution in [0.15, 0.2) is 30.6 Å². The Bertz CT molecular complexity index is 626. The first-order valence-corrected chi connectivity index (χ1v) is 6.76. The van der Waals surface area contributed by atoms with Gasteiger partial charge in [0.05, 0.1) is 10.3 Å². The molecule has 0 amide bonds. The van der Waals surface area contributed by atoms with Gasteiger partial charge < -0.3 is 5.32 Å². The molecule has 0 aliphatic rings. The SMILES string of the molecule is CC(C)CC(C)Nc1ccc([N+](=O)[O-])c2cnccc12. The van der Waals surface area contributed by atoms with E-state index in [-0.39, 0.29) is 10.6 Å². The number of anilines is 1. The number of hydrogen-bond donors (Lipinski definition) is 1. The van der Waals surface area contributed by atoms with E-state index in [1.54, 1.807) is 18.5 Å². The van der Waals surface area contributed by atoms with Gasteiger partial charge in [-0.15, -0.1) is 0 Å². The Labute approximate surface area is 118 Å². The topological polar surface area (TPSA) is 68.1 Å². The Hall–Kier alpha value is -2.17. The maximum atomic E-state index is 11.1. The Morgan fingerprint density at radius 1 is 1.25 bits per heavy atom. The van der Waals surface area contributed by atoms with E-state index in [2.05, 4.69) is 31.1 Å². The average molecular weight is 273 g/mol. The molecule has 5 heteroatoms. The fourth-order valence-electron chi connectivity index (χ4n) is 2.49. The summed E-state index contributed by atoms with van der Waals surface area (Å²) in [6.07, 6.45) is 4.25. The molecule has 5 nitrogen and oxygen atoms in total. The fraction of sp³-hybridized carbons (Fsp3) is 0.400. The molecule has 0 bridgehead atoms. The van der Waals surface area contributed by atoms with Crippen LogP contribution in [0.2, 0.25) is 0 Å². The molecule has 2 rings (SSSR count). The highest BCUT2D eigenvalue weighted by Gasteiger charge is 2.15. The van der Waals surface area contributed by atoms with E-state index in [1.807, 2.05) is 6.07 Å². The molecule has 1 aromatic carbocycles. The summed E-state index contributed by atoms with van der Waals surface area (Å²) in [5, 5.41) is 15.9. The first kappa shape index (κ1) is 14.2. The van der Waals surface area contributed by atoms with Gasteiger partial charge in [0.25, 0.3) is 5.69 Å². The number of nitrogens with one attached hydrogen (secondary N) is 1. The second-order valence-corrected chi connectivity index (χ2v) is 5.49. The van der Waals surface area contributed by atoms with Crippen molar-refractivity contribution in [3.63, 3.8) is 0 Å². The molecular formula is C15H19N3O2. The predicted molar refractivity (Wildman–Crippen MR) is 80.9 cm³/mol. The number of fused-ring (bicyclic) bond motifs is 1. The second-order valence-electron chi connectivity index (χ2n) is 5.49. The largest absolute Gasteiger partial charge is 0.382 e. The van der Waals surface area contributed by atoms with Crippen molar-refractivity contribution in [2.75, 3.05) is 5.32 Å². The van der Waals surface area contributed by atoms with Gasteiger partial charge in [-0.05, 0) is 31.4 Å². The zero-order valence-electron chi connectivity index (χ0n) is 12.0. The van der Waals surface area contributed by atoms with E-state index in [0.29, 0.717) is 17.3 Å². The minimum atomic E-state index is -0.370. The van der Waals surface area contributed by atoms with Crippen LogP contribution in [0.4, 0.5) is 11.4 Å².